The number of carbonyl (C=O) groups is 1. The van der Waals surface area contributed by atoms with Crippen LogP contribution in [0.25, 0.3) is 0 Å². The van der Waals surface area contributed by atoms with Crippen molar-refractivity contribution in [3.8, 4) is 11.5 Å². The van der Waals surface area contributed by atoms with Gasteiger partial charge in [0.1, 0.15) is 11.5 Å². The van der Waals surface area contributed by atoms with Gasteiger partial charge < -0.3 is 14.2 Å². The Balaban J connectivity index is 2.40. The van der Waals surface area contributed by atoms with E-state index < -0.39 is 21.2 Å². The van der Waals surface area contributed by atoms with Gasteiger partial charge in [-0.05, 0) is 48.2 Å². The Labute approximate surface area is 184 Å². The monoisotopic (exact) mass is 447 g/mol. The molecule has 168 valence electrons. The zero-order chi connectivity index (χ0) is 22.9. The predicted octanol–water partition coefficient (Wildman–Crippen LogP) is 3.54. The predicted molar refractivity (Wildman–Crippen MR) is 119 cm³/mol. The van der Waals surface area contributed by atoms with E-state index in [9.17, 15) is 13.2 Å². The SMILES string of the molecule is C=CCC[C@@H](C(=O)OC)S(=O)(=O)N(Cc1ccc(OC)cc1)Cc1ccc(OC)cc1. The summed E-state index contributed by atoms with van der Waals surface area (Å²) in [6, 6.07) is 14.3. The Hall–Kier alpha value is -2.84. The van der Waals surface area contributed by atoms with Crippen molar-refractivity contribution >= 4 is 16.0 Å². The summed E-state index contributed by atoms with van der Waals surface area (Å²) in [7, 11) is 0.296. The van der Waals surface area contributed by atoms with Crippen molar-refractivity contribution in [2.75, 3.05) is 21.3 Å². The summed E-state index contributed by atoms with van der Waals surface area (Å²) in [6.45, 7) is 3.82. The second kappa shape index (κ2) is 11.5. The molecule has 0 aliphatic rings. The number of nitrogens with zero attached hydrogens (tertiary/aromatic N) is 1. The van der Waals surface area contributed by atoms with Crippen molar-refractivity contribution in [3.05, 3.63) is 72.3 Å². The lowest BCUT2D eigenvalue weighted by molar-refractivity contribution is -0.140. The van der Waals surface area contributed by atoms with Crippen LogP contribution < -0.4 is 9.47 Å². The Morgan fingerprint density at radius 2 is 1.39 bits per heavy atom. The number of ether oxygens (including phenoxy) is 3. The smallest absolute Gasteiger partial charge is 0.325 e. The van der Waals surface area contributed by atoms with Crippen LogP contribution in [0.1, 0.15) is 24.0 Å². The molecule has 0 aliphatic carbocycles. The average Bonchev–Trinajstić information content (AvgIpc) is 2.79. The molecule has 31 heavy (non-hydrogen) atoms. The molecule has 0 radical (unpaired) electrons. The van der Waals surface area contributed by atoms with Gasteiger partial charge >= 0.3 is 5.97 Å². The zero-order valence-corrected chi connectivity index (χ0v) is 18.9. The fourth-order valence-corrected chi connectivity index (χ4v) is 4.87. The number of allylic oxidation sites excluding steroid dienone is 1. The average molecular weight is 448 g/mol. The van der Waals surface area contributed by atoms with Crippen molar-refractivity contribution in [1.29, 1.82) is 0 Å². The van der Waals surface area contributed by atoms with Gasteiger partial charge in [0, 0.05) is 13.1 Å². The maximum absolute atomic E-state index is 13.5. The van der Waals surface area contributed by atoms with Crippen LogP contribution in [0.3, 0.4) is 0 Å². The molecule has 0 saturated carbocycles. The number of hydrogen-bond donors (Lipinski definition) is 0. The van der Waals surface area contributed by atoms with Gasteiger partial charge in [-0.2, -0.15) is 4.31 Å². The number of rotatable bonds is 12. The highest BCUT2D eigenvalue weighted by molar-refractivity contribution is 7.90. The number of esters is 1. The fourth-order valence-electron chi connectivity index (χ4n) is 3.07. The minimum atomic E-state index is -4.03. The zero-order valence-electron chi connectivity index (χ0n) is 18.1. The maximum atomic E-state index is 13.5. The van der Waals surface area contributed by atoms with Crippen molar-refractivity contribution in [2.45, 2.75) is 31.2 Å². The molecule has 1 atom stereocenters. The molecule has 0 bridgehead atoms. The Bertz CT molecular complexity index is 905. The van der Waals surface area contributed by atoms with Gasteiger partial charge in [-0.3, -0.25) is 4.79 Å². The van der Waals surface area contributed by atoms with E-state index >= 15 is 0 Å². The van der Waals surface area contributed by atoms with E-state index in [0.29, 0.717) is 17.9 Å². The number of hydrogen-bond acceptors (Lipinski definition) is 6. The highest BCUT2D eigenvalue weighted by Crippen LogP contribution is 2.23. The number of carbonyl (C=O) groups excluding carboxylic acids is 1. The molecule has 0 fully saturated rings. The molecule has 0 spiro atoms. The van der Waals surface area contributed by atoms with Crippen LogP contribution in [-0.4, -0.2) is 45.3 Å². The third-order valence-electron chi connectivity index (χ3n) is 4.85. The van der Waals surface area contributed by atoms with E-state index in [1.807, 2.05) is 0 Å². The number of sulfonamides is 1. The van der Waals surface area contributed by atoms with Crippen molar-refractivity contribution in [1.82, 2.24) is 4.31 Å². The number of methoxy groups -OCH3 is 3. The summed E-state index contributed by atoms with van der Waals surface area (Å²) in [6.07, 6.45) is 2.06. The van der Waals surface area contributed by atoms with Gasteiger partial charge in [-0.25, -0.2) is 8.42 Å². The quantitative estimate of drug-likeness (QED) is 0.366. The third kappa shape index (κ3) is 6.57. The largest absolute Gasteiger partial charge is 0.497 e. The molecule has 2 aromatic carbocycles. The van der Waals surface area contributed by atoms with E-state index in [2.05, 4.69) is 6.58 Å². The first-order valence-electron chi connectivity index (χ1n) is 9.79. The summed E-state index contributed by atoms with van der Waals surface area (Å²) in [5.41, 5.74) is 1.54. The van der Waals surface area contributed by atoms with Crippen LogP contribution in [-0.2, 0) is 32.6 Å². The second-order valence-corrected chi connectivity index (χ2v) is 9.00. The fraction of sp³-hybridized carbons (Fsp3) is 0.348. The van der Waals surface area contributed by atoms with Gasteiger partial charge in [0.05, 0.1) is 21.3 Å². The van der Waals surface area contributed by atoms with Crippen LogP contribution in [0.5, 0.6) is 11.5 Å². The van der Waals surface area contributed by atoms with E-state index in [0.717, 1.165) is 11.1 Å². The standard InChI is InChI=1S/C23H29NO6S/c1-5-6-7-22(23(25)30-4)31(26,27)24(16-18-8-12-20(28-2)13-9-18)17-19-10-14-21(29-3)15-11-19/h5,8-15,22H,1,6-7,16-17H2,2-4H3/t22-/m0/s1. The topological polar surface area (TPSA) is 82.1 Å². The molecule has 2 aromatic rings. The first-order chi connectivity index (χ1) is 14.8. The van der Waals surface area contributed by atoms with Crippen LogP contribution in [0.2, 0.25) is 0 Å². The van der Waals surface area contributed by atoms with E-state index in [1.165, 1.54) is 11.4 Å². The first-order valence-corrected chi connectivity index (χ1v) is 11.3. The third-order valence-corrected chi connectivity index (χ3v) is 6.98. The van der Waals surface area contributed by atoms with Crippen molar-refractivity contribution < 1.29 is 27.4 Å². The molecule has 0 unspecified atom stereocenters. The molecule has 0 saturated heterocycles. The van der Waals surface area contributed by atoms with Gasteiger partial charge in [0.25, 0.3) is 0 Å². The van der Waals surface area contributed by atoms with Gasteiger partial charge in [-0.15, -0.1) is 6.58 Å². The van der Waals surface area contributed by atoms with Gasteiger partial charge in [0.15, 0.2) is 5.25 Å². The normalized spacial score (nSPS) is 12.3. The minimum Gasteiger partial charge on any atom is -0.497 e. The van der Waals surface area contributed by atoms with Crippen molar-refractivity contribution in [3.63, 3.8) is 0 Å². The van der Waals surface area contributed by atoms with Crippen molar-refractivity contribution in [2.24, 2.45) is 0 Å². The molecule has 2 rings (SSSR count). The summed E-state index contributed by atoms with van der Waals surface area (Å²) in [5.74, 6) is 0.565. The minimum absolute atomic E-state index is 0.0972. The Morgan fingerprint density at radius 3 is 1.74 bits per heavy atom. The first kappa shape index (κ1) is 24.4. The maximum Gasteiger partial charge on any atom is 0.325 e. The molecular formula is C23H29NO6S. The lowest BCUT2D eigenvalue weighted by atomic mass is 10.2. The molecule has 0 aromatic heterocycles. The molecule has 0 heterocycles. The van der Waals surface area contributed by atoms with Gasteiger partial charge in [-0.1, -0.05) is 30.3 Å². The Kier molecular flexibility index (Phi) is 9.08. The van der Waals surface area contributed by atoms with Crippen LogP contribution in [0, 0.1) is 0 Å². The second-order valence-electron chi connectivity index (χ2n) is 6.89. The van der Waals surface area contributed by atoms with E-state index in [-0.39, 0.29) is 19.5 Å². The highest BCUT2D eigenvalue weighted by atomic mass is 32.2. The van der Waals surface area contributed by atoms with E-state index in [4.69, 9.17) is 14.2 Å². The van der Waals surface area contributed by atoms with Crippen LogP contribution in [0.4, 0.5) is 0 Å². The lowest BCUT2D eigenvalue weighted by Crippen LogP contribution is -2.42. The molecule has 7 nitrogen and oxygen atoms in total. The van der Waals surface area contributed by atoms with Gasteiger partial charge in [0.2, 0.25) is 10.0 Å². The molecule has 0 amide bonds. The molecular weight excluding hydrogens is 418 g/mol. The molecule has 8 heteroatoms. The summed E-state index contributed by atoms with van der Waals surface area (Å²) in [4.78, 5) is 12.3. The Morgan fingerprint density at radius 1 is 0.935 bits per heavy atom. The summed E-state index contributed by atoms with van der Waals surface area (Å²) >= 11 is 0. The highest BCUT2D eigenvalue weighted by Gasteiger charge is 2.38. The lowest BCUT2D eigenvalue weighted by Gasteiger charge is -2.26. The summed E-state index contributed by atoms with van der Waals surface area (Å²) in [5, 5.41) is -1.31. The molecule has 0 N–H and O–H groups in total. The van der Waals surface area contributed by atoms with E-state index in [1.54, 1.807) is 68.8 Å². The number of benzene rings is 2. The molecule has 0 aliphatic heterocycles. The van der Waals surface area contributed by atoms with Crippen LogP contribution in [0.15, 0.2) is 61.2 Å². The van der Waals surface area contributed by atoms with Crippen LogP contribution >= 0.6 is 0 Å². The summed E-state index contributed by atoms with van der Waals surface area (Å²) < 4.78 is 43.5.